The Morgan fingerprint density at radius 3 is 2.90 bits per heavy atom. The van der Waals surface area contributed by atoms with Gasteiger partial charge in [-0.25, -0.2) is 9.97 Å². The van der Waals surface area contributed by atoms with Crippen LogP contribution in [0.4, 0.5) is 0 Å². The third-order valence-corrected chi connectivity index (χ3v) is 4.13. The fourth-order valence-corrected chi connectivity index (χ4v) is 2.76. The van der Waals surface area contributed by atoms with Crippen molar-refractivity contribution in [1.29, 1.82) is 0 Å². The van der Waals surface area contributed by atoms with E-state index in [1.54, 1.807) is 12.5 Å². The molecule has 1 aliphatic rings. The maximum Gasteiger partial charge on any atom is 0.133 e. The number of ether oxygens (including phenoxy) is 1. The monoisotopic (exact) mass is 306 g/mol. The first-order valence-electron chi connectivity index (χ1n) is 7.22. The van der Waals surface area contributed by atoms with E-state index >= 15 is 0 Å². The SMILES string of the molecule is Clc1ncccc1CN1CCC(OCc2c[nH]cn2)CC1. The minimum Gasteiger partial charge on any atom is -0.372 e. The summed E-state index contributed by atoms with van der Waals surface area (Å²) in [5.41, 5.74) is 2.05. The molecule has 3 heterocycles. The summed E-state index contributed by atoms with van der Waals surface area (Å²) in [5, 5.41) is 0.606. The van der Waals surface area contributed by atoms with Crippen LogP contribution in [0, 0.1) is 0 Å². The molecule has 0 unspecified atom stereocenters. The van der Waals surface area contributed by atoms with E-state index in [9.17, 15) is 0 Å². The molecule has 6 heteroatoms. The van der Waals surface area contributed by atoms with Gasteiger partial charge in [0.1, 0.15) is 5.15 Å². The molecule has 0 aromatic carbocycles. The van der Waals surface area contributed by atoms with Gasteiger partial charge in [0.2, 0.25) is 0 Å². The summed E-state index contributed by atoms with van der Waals surface area (Å²) < 4.78 is 5.90. The molecule has 21 heavy (non-hydrogen) atoms. The number of H-pyrrole nitrogens is 1. The lowest BCUT2D eigenvalue weighted by Gasteiger charge is -2.31. The summed E-state index contributed by atoms with van der Waals surface area (Å²) in [7, 11) is 0. The number of rotatable bonds is 5. The Bertz CT molecular complexity index is 553. The van der Waals surface area contributed by atoms with Crippen LogP contribution in [-0.2, 0) is 17.9 Å². The number of aromatic amines is 1. The normalized spacial score (nSPS) is 17.2. The van der Waals surface area contributed by atoms with E-state index in [1.165, 1.54) is 0 Å². The van der Waals surface area contributed by atoms with Gasteiger partial charge in [-0.3, -0.25) is 4.90 Å². The first-order chi connectivity index (χ1) is 10.3. The average molecular weight is 307 g/mol. The van der Waals surface area contributed by atoms with Gasteiger partial charge >= 0.3 is 0 Å². The standard InChI is InChI=1S/C15H19ClN4O/c16-15-12(2-1-5-18-15)9-20-6-3-14(4-7-20)21-10-13-8-17-11-19-13/h1-2,5,8,11,14H,3-4,6-7,9-10H2,(H,17,19). The molecule has 0 spiro atoms. The van der Waals surface area contributed by atoms with Crippen molar-refractivity contribution in [3.63, 3.8) is 0 Å². The van der Waals surface area contributed by atoms with Crippen LogP contribution in [0.25, 0.3) is 0 Å². The van der Waals surface area contributed by atoms with Gasteiger partial charge in [-0.15, -0.1) is 0 Å². The molecule has 2 aromatic rings. The second-order valence-corrected chi connectivity index (χ2v) is 5.66. The zero-order chi connectivity index (χ0) is 14.5. The third-order valence-electron chi connectivity index (χ3n) is 3.79. The lowest BCUT2D eigenvalue weighted by atomic mass is 10.1. The number of halogens is 1. The van der Waals surface area contributed by atoms with Crippen molar-refractivity contribution in [3.05, 3.63) is 47.3 Å². The van der Waals surface area contributed by atoms with E-state index in [-0.39, 0.29) is 0 Å². The molecule has 0 amide bonds. The zero-order valence-electron chi connectivity index (χ0n) is 11.8. The van der Waals surface area contributed by atoms with Gasteiger partial charge in [-0.1, -0.05) is 17.7 Å². The van der Waals surface area contributed by atoms with E-state index in [1.807, 2.05) is 18.3 Å². The first kappa shape index (κ1) is 14.5. The number of hydrogen-bond donors (Lipinski definition) is 1. The molecular formula is C15H19ClN4O. The van der Waals surface area contributed by atoms with E-state index < -0.39 is 0 Å². The second-order valence-electron chi connectivity index (χ2n) is 5.30. The smallest absolute Gasteiger partial charge is 0.133 e. The van der Waals surface area contributed by atoms with Crippen LogP contribution in [-0.4, -0.2) is 39.0 Å². The summed E-state index contributed by atoms with van der Waals surface area (Å²) in [5.74, 6) is 0. The number of pyridine rings is 1. The Kier molecular flexibility index (Phi) is 4.85. The maximum absolute atomic E-state index is 6.11. The molecule has 1 aliphatic heterocycles. The first-order valence-corrected chi connectivity index (χ1v) is 7.60. The number of imidazole rings is 1. The van der Waals surface area contributed by atoms with E-state index in [0.29, 0.717) is 17.9 Å². The Morgan fingerprint density at radius 2 is 2.19 bits per heavy atom. The highest BCUT2D eigenvalue weighted by Crippen LogP contribution is 2.19. The van der Waals surface area contributed by atoms with E-state index in [2.05, 4.69) is 19.9 Å². The van der Waals surface area contributed by atoms with Crippen molar-refractivity contribution in [1.82, 2.24) is 19.9 Å². The van der Waals surface area contributed by atoms with Gasteiger partial charge < -0.3 is 9.72 Å². The molecule has 112 valence electrons. The molecule has 1 saturated heterocycles. The number of nitrogens with one attached hydrogen (secondary N) is 1. The van der Waals surface area contributed by atoms with Gasteiger partial charge in [0.15, 0.2) is 0 Å². The molecule has 5 nitrogen and oxygen atoms in total. The Labute approximate surface area is 129 Å². The molecular weight excluding hydrogens is 288 g/mol. The van der Waals surface area contributed by atoms with Crippen molar-refractivity contribution in [2.24, 2.45) is 0 Å². The maximum atomic E-state index is 6.11. The minimum atomic E-state index is 0.322. The van der Waals surface area contributed by atoms with Gasteiger partial charge in [-0.2, -0.15) is 0 Å². The van der Waals surface area contributed by atoms with Crippen molar-refractivity contribution >= 4 is 11.6 Å². The largest absolute Gasteiger partial charge is 0.372 e. The number of piperidine rings is 1. The Morgan fingerprint density at radius 1 is 1.33 bits per heavy atom. The molecule has 3 rings (SSSR count). The minimum absolute atomic E-state index is 0.322. The predicted octanol–water partition coefficient (Wildman–Crippen LogP) is 2.64. The Hall–Kier alpha value is -1.43. The molecule has 0 atom stereocenters. The molecule has 0 aliphatic carbocycles. The lowest BCUT2D eigenvalue weighted by molar-refractivity contribution is -0.00511. The van der Waals surface area contributed by atoms with Crippen molar-refractivity contribution < 1.29 is 4.74 Å². The quantitative estimate of drug-likeness (QED) is 0.863. The number of aromatic nitrogens is 3. The molecule has 1 N–H and O–H groups in total. The third kappa shape index (κ3) is 4.03. The molecule has 0 bridgehead atoms. The average Bonchev–Trinajstić information content (AvgIpc) is 3.02. The molecule has 2 aromatic heterocycles. The highest BCUT2D eigenvalue weighted by Gasteiger charge is 2.20. The van der Waals surface area contributed by atoms with Crippen LogP contribution >= 0.6 is 11.6 Å². The number of hydrogen-bond acceptors (Lipinski definition) is 4. The topological polar surface area (TPSA) is 54.0 Å². The lowest BCUT2D eigenvalue weighted by Crippen LogP contribution is -2.36. The molecule has 1 fully saturated rings. The van der Waals surface area contributed by atoms with E-state index in [0.717, 1.165) is 43.7 Å². The van der Waals surface area contributed by atoms with Gasteiger partial charge in [0.05, 0.1) is 24.7 Å². The zero-order valence-corrected chi connectivity index (χ0v) is 12.6. The fourth-order valence-electron chi connectivity index (χ4n) is 2.59. The summed E-state index contributed by atoms with van der Waals surface area (Å²) in [4.78, 5) is 13.6. The molecule has 0 radical (unpaired) electrons. The van der Waals surface area contributed by atoms with Crippen LogP contribution in [0.1, 0.15) is 24.1 Å². The fraction of sp³-hybridized carbons (Fsp3) is 0.467. The van der Waals surface area contributed by atoms with Crippen molar-refractivity contribution in [2.75, 3.05) is 13.1 Å². The van der Waals surface area contributed by atoms with Crippen LogP contribution < -0.4 is 0 Å². The van der Waals surface area contributed by atoms with Gasteiger partial charge in [0, 0.05) is 37.6 Å². The van der Waals surface area contributed by atoms with Crippen molar-refractivity contribution in [3.8, 4) is 0 Å². The molecule has 0 saturated carbocycles. The summed E-state index contributed by atoms with van der Waals surface area (Å²) in [6.45, 7) is 3.49. The summed E-state index contributed by atoms with van der Waals surface area (Å²) in [6, 6.07) is 3.97. The van der Waals surface area contributed by atoms with Gasteiger partial charge in [0.25, 0.3) is 0 Å². The number of nitrogens with zero attached hydrogens (tertiary/aromatic N) is 3. The van der Waals surface area contributed by atoms with Crippen LogP contribution in [0.5, 0.6) is 0 Å². The van der Waals surface area contributed by atoms with Crippen LogP contribution in [0.15, 0.2) is 30.9 Å². The van der Waals surface area contributed by atoms with Crippen LogP contribution in [0.2, 0.25) is 5.15 Å². The highest BCUT2D eigenvalue weighted by molar-refractivity contribution is 6.30. The number of likely N-dealkylation sites (tertiary alicyclic amines) is 1. The Balaban J connectivity index is 1.44. The highest BCUT2D eigenvalue weighted by atomic mass is 35.5. The van der Waals surface area contributed by atoms with Crippen molar-refractivity contribution in [2.45, 2.75) is 32.1 Å². The predicted molar refractivity (Wildman–Crippen MR) is 80.9 cm³/mol. The second kappa shape index (κ2) is 7.02. The summed E-state index contributed by atoms with van der Waals surface area (Å²) in [6.07, 6.45) is 7.69. The van der Waals surface area contributed by atoms with Gasteiger partial charge in [-0.05, 0) is 18.9 Å². The summed E-state index contributed by atoms with van der Waals surface area (Å²) >= 11 is 6.11. The van der Waals surface area contributed by atoms with E-state index in [4.69, 9.17) is 16.3 Å². The van der Waals surface area contributed by atoms with Crippen LogP contribution in [0.3, 0.4) is 0 Å².